The number of rotatable bonds is 8. The van der Waals surface area contributed by atoms with Gasteiger partial charge in [0.1, 0.15) is 6.04 Å². The molecule has 0 spiro atoms. The normalized spacial score (nSPS) is 22.6. The van der Waals surface area contributed by atoms with Gasteiger partial charge in [-0.05, 0) is 29.8 Å². The largest absolute Gasteiger partial charge is 0.454 e. The second kappa shape index (κ2) is 10.9. The molecule has 160 valence electrons. The van der Waals surface area contributed by atoms with Crippen molar-refractivity contribution in [3.05, 3.63) is 94.9 Å². The molecule has 3 rings (SSSR count). The lowest BCUT2D eigenvalue weighted by Gasteiger charge is -2.39. The Morgan fingerprint density at radius 2 is 1.58 bits per heavy atom. The Balaban J connectivity index is 1.89. The van der Waals surface area contributed by atoms with Crippen LogP contribution < -0.4 is 0 Å². The molecule has 0 amide bonds. The fourth-order valence-corrected chi connectivity index (χ4v) is 3.03. The number of carbonyl (C=O) groups is 2. The van der Waals surface area contributed by atoms with Crippen LogP contribution in [-0.4, -0.2) is 49.7 Å². The predicted molar refractivity (Wildman–Crippen MR) is 110 cm³/mol. The van der Waals surface area contributed by atoms with E-state index in [9.17, 15) is 9.59 Å². The predicted octanol–water partition coefficient (Wildman–Crippen LogP) is 3.68. The molecule has 31 heavy (non-hydrogen) atoms. The molecule has 2 unspecified atom stereocenters. The van der Waals surface area contributed by atoms with Crippen LogP contribution in [0, 0.1) is 0 Å². The lowest BCUT2D eigenvalue weighted by Crippen LogP contribution is -2.56. The second-order valence-corrected chi connectivity index (χ2v) is 6.57. The van der Waals surface area contributed by atoms with E-state index >= 15 is 0 Å². The molecule has 9 heteroatoms. The Labute approximate surface area is 178 Å². The average Bonchev–Trinajstić information content (AvgIpc) is 2.81. The highest BCUT2D eigenvalue weighted by Gasteiger charge is 2.46. The Kier molecular flexibility index (Phi) is 7.78. The fraction of sp³-hybridized carbons (Fsp3) is 0.273. The van der Waals surface area contributed by atoms with Crippen LogP contribution in [0.4, 0.5) is 0 Å². The van der Waals surface area contributed by atoms with Crippen molar-refractivity contribution in [1.82, 2.24) is 0 Å². The van der Waals surface area contributed by atoms with Gasteiger partial charge in [-0.15, -0.1) is 6.58 Å². The summed E-state index contributed by atoms with van der Waals surface area (Å²) in [7, 11) is 0. The molecule has 0 saturated carbocycles. The summed E-state index contributed by atoms with van der Waals surface area (Å²) in [5, 5.41) is 3.67. The smallest absolute Gasteiger partial charge is 0.338 e. The molecule has 1 heterocycles. The summed E-state index contributed by atoms with van der Waals surface area (Å²) in [5.41, 5.74) is 9.54. The molecule has 0 aromatic heterocycles. The van der Waals surface area contributed by atoms with Crippen molar-refractivity contribution in [2.45, 2.75) is 24.5 Å². The van der Waals surface area contributed by atoms with Gasteiger partial charge in [0.05, 0.1) is 24.3 Å². The van der Waals surface area contributed by atoms with Crippen LogP contribution >= 0.6 is 0 Å². The fourth-order valence-electron chi connectivity index (χ4n) is 3.03. The standard InChI is InChI=1S/C22H21N3O6/c1-2-13-28-22-19(31-21(27)16-11-7-4-8-12-16)18(17(14-29-22)24-25-23)30-20(26)15-9-5-3-6-10-15/h2-12,17-19,22H,1,13-14H2/t17-,18?,19?,22+/m0/s1. The maximum Gasteiger partial charge on any atom is 0.338 e. The second-order valence-electron chi connectivity index (χ2n) is 6.57. The van der Waals surface area contributed by atoms with Crippen LogP contribution in [0.1, 0.15) is 20.7 Å². The first-order valence-corrected chi connectivity index (χ1v) is 9.54. The van der Waals surface area contributed by atoms with Crippen LogP contribution in [0.3, 0.4) is 0 Å². The van der Waals surface area contributed by atoms with Gasteiger partial charge in [-0.2, -0.15) is 0 Å². The number of nitrogens with zero attached hydrogens (tertiary/aromatic N) is 3. The van der Waals surface area contributed by atoms with Gasteiger partial charge >= 0.3 is 11.9 Å². The number of hydrogen-bond acceptors (Lipinski definition) is 7. The van der Waals surface area contributed by atoms with Crippen LogP contribution in [-0.2, 0) is 18.9 Å². The highest BCUT2D eigenvalue weighted by Crippen LogP contribution is 2.26. The SMILES string of the molecule is C=CCO[C@@H]1OC[C@H](N=[N+]=[N-])C(OC(=O)c2ccccc2)C1OC(=O)c1ccccc1. The van der Waals surface area contributed by atoms with E-state index in [4.69, 9.17) is 24.5 Å². The van der Waals surface area contributed by atoms with E-state index in [0.29, 0.717) is 11.1 Å². The van der Waals surface area contributed by atoms with Crippen molar-refractivity contribution < 1.29 is 28.5 Å². The Morgan fingerprint density at radius 3 is 2.10 bits per heavy atom. The number of azide groups is 1. The van der Waals surface area contributed by atoms with Crippen LogP contribution in [0.2, 0.25) is 0 Å². The van der Waals surface area contributed by atoms with Crippen LogP contribution in [0.5, 0.6) is 0 Å². The van der Waals surface area contributed by atoms with E-state index < -0.39 is 36.5 Å². The van der Waals surface area contributed by atoms with E-state index in [2.05, 4.69) is 16.6 Å². The first-order valence-electron chi connectivity index (χ1n) is 9.54. The number of carbonyl (C=O) groups excluding carboxylic acids is 2. The Hall–Kier alpha value is -3.65. The minimum Gasteiger partial charge on any atom is -0.454 e. The highest BCUT2D eigenvalue weighted by molar-refractivity contribution is 5.90. The third kappa shape index (κ3) is 5.70. The molecule has 1 fully saturated rings. The van der Waals surface area contributed by atoms with E-state index in [1.165, 1.54) is 6.08 Å². The summed E-state index contributed by atoms with van der Waals surface area (Å²) < 4.78 is 22.5. The average molecular weight is 423 g/mol. The van der Waals surface area contributed by atoms with Gasteiger partial charge < -0.3 is 18.9 Å². The van der Waals surface area contributed by atoms with Crippen molar-refractivity contribution in [1.29, 1.82) is 0 Å². The molecule has 1 saturated heterocycles. The highest BCUT2D eigenvalue weighted by atomic mass is 16.7. The summed E-state index contributed by atoms with van der Waals surface area (Å²) in [6.45, 7) is 3.61. The first-order chi connectivity index (χ1) is 15.1. The monoisotopic (exact) mass is 423 g/mol. The van der Waals surface area contributed by atoms with Gasteiger partial charge in [0.25, 0.3) is 0 Å². The molecule has 0 N–H and O–H groups in total. The third-order valence-electron chi connectivity index (χ3n) is 4.49. The van der Waals surface area contributed by atoms with E-state index in [-0.39, 0.29) is 13.2 Å². The van der Waals surface area contributed by atoms with Gasteiger partial charge in [0.15, 0.2) is 18.5 Å². The van der Waals surface area contributed by atoms with Gasteiger partial charge in [0, 0.05) is 4.91 Å². The summed E-state index contributed by atoms with van der Waals surface area (Å²) >= 11 is 0. The number of esters is 2. The van der Waals surface area contributed by atoms with E-state index in [0.717, 1.165) is 0 Å². The zero-order chi connectivity index (χ0) is 22.1. The first kappa shape index (κ1) is 22.0. The minimum absolute atomic E-state index is 0.0853. The quantitative estimate of drug-likeness (QED) is 0.210. The van der Waals surface area contributed by atoms with Crippen LogP contribution in [0.15, 0.2) is 78.4 Å². The van der Waals surface area contributed by atoms with Gasteiger partial charge in [-0.3, -0.25) is 0 Å². The lowest BCUT2D eigenvalue weighted by atomic mass is 10.0. The minimum atomic E-state index is -1.18. The zero-order valence-corrected chi connectivity index (χ0v) is 16.6. The summed E-state index contributed by atoms with van der Waals surface area (Å²) in [4.78, 5) is 28.2. The molecular weight excluding hydrogens is 402 g/mol. The molecule has 0 bridgehead atoms. The van der Waals surface area contributed by atoms with Crippen molar-refractivity contribution in [2.24, 2.45) is 5.11 Å². The zero-order valence-electron chi connectivity index (χ0n) is 16.6. The topological polar surface area (TPSA) is 120 Å². The van der Waals surface area contributed by atoms with Gasteiger partial charge in [0.2, 0.25) is 0 Å². The molecule has 2 aromatic carbocycles. The van der Waals surface area contributed by atoms with E-state index in [1.807, 2.05) is 0 Å². The van der Waals surface area contributed by atoms with Crippen molar-refractivity contribution in [3.63, 3.8) is 0 Å². The lowest BCUT2D eigenvalue weighted by molar-refractivity contribution is -0.243. The van der Waals surface area contributed by atoms with E-state index in [1.54, 1.807) is 60.7 Å². The van der Waals surface area contributed by atoms with Gasteiger partial charge in [-0.1, -0.05) is 47.6 Å². The molecule has 2 aromatic rings. The molecule has 9 nitrogen and oxygen atoms in total. The molecule has 4 atom stereocenters. The van der Waals surface area contributed by atoms with Crippen molar-refractivity contribution in [2.75, 3.05) is 13.2 Å². The molecule has 0 aliphatic carbocycles. The van der Waals surface area contributed by atoms with Crippen molar-refractivity contribution >= 4 is 11.9 Å². The molecule has 1 aliphatic heterocycles. The molecular formula is C22H21N3O6. The summed E-state index contributed by atoms with van der Waals surface area (Å²) in [6.07, 6.45) is -1.85. The van der Waals surface area contributed by atoms with Gasteiger partial charge in [-0.25, -0.2) is 9.59 Å². The summed E-state index contributed by atoms with van der Waals surface area (Å²) in [5.74, 6) is -1.32. The van der Waals surface area contributed by atoms with Crippen molar-refractivity contribution in [3.8, 4) is 0 Å². The number of benzene rings is 2. The Morgan fingerprint density at radius 1 is 1.03 bits per heavy atom. The number of hydrogen-bond donors (Lipinski definition) is 0. The summed E-state index contributed by atoms with van der Waals surface area (Å²) in [6, 6.07) is 15.7. The van der Waals surface area contributed by atoms with Crippen LogP contribution in [0.25, 0.3) is 10.4 Å². The molecule has 0 radical (unpaired) electrons. The maximum atomic E-state index is 12.7. The third-order valence-corrected chi connectivity index (χ3v) is 4.49. The molecule has 1 aliphatic rings. The Bertz CT molecular complexity index is 946. The number of ether oxygens (including phenoxy) is 4. The maximum absolute atomic E-state index is 12.7.